The van der Waals surface area contributed by atoms with Crippen LogP contribution in [0.3, 0.4) is 0 Å². The van der Waals surface area contributed by atoms with Crippen molar-refractivity contribution in [3.8, 4) is 0 Å². The van der Waals surface area contributed by atoms with Crippen LogP contribution in [0.2, 0.25) is 0 Å². The number of rotatable bonds is 5. The number of aromatic amines is 1. The molecule has 3 N–H and O–H groups in total. The Morgan fingerprint density at radius 3 is 2.59 bits per heavy atom. The molecular weight excluding hydrogens is 220 g/mol. The van der Waals surface area contributed by atoms with Crippen molar-refractivity contribution in [1.82, 2.24) is 15.0 Å². The molecular formula is C11H16N4O2. The van der Waals surface area contributed by atoms with E-state index in [4.69, 9.17) is 10.2 Å². The molecule has 92 valence electrons. The van der Waals surface area contributed by atoms with E-state index in [0.717, 1.165) is 22.5 Å². The second-order valence-electron chi connectivity index (χ2n) is 3.85. The maximum Gasteiger partial charge on any atom is 0.143 e. The van der Waals surface area contributed by atoms with E-state index in [2.05, 4.69) is 15.0 Å². The van der Waals surface area contributed by atoms with E-state index in [1.165, 1.54) is 6.33 Å². The summed E-state index contributed by atoms with van der Waals surface area (Å²) in [7, 11) is 0. The standard InChI is InChI=1S/C11H16N4O2/c1-8-6-9-10(14-8)12-7-13-11(9)15(2-4-16)3-5-17/h6-7,16-17H,2-5H2,1H3,(H,12,13,14). The zero-order valence-corrected chi connectivity index (χ0v) is 9.72. The van der Waals surface area contributed by atoms with Crippen molar-refractivity contribution in [2.24, 2.45) is 0 Å². The van der Waals surface area contributed by atoms with Gasteiger partial charge in [0, 0.05) is 18.8 Å². The first-order valence-corrected chi connectivity index (χ1v) is 5.53. The van der Waals surface area contributed by atoms with Gasteiger partial charge in [0.15, 0.2) is 0 Å². The highest BCUT2D eigenvalue weighted by molar-refractivity contribution is 5.88. The number of hydrogen-bond donors (Lipinski definition) is 3. The van der Waals surface area contributed by atoms with Crippen LogP contribution in [0, 0.1) is 6.92 Å². The molecule has 2 rings (SSSR count). The van der Waals surface area contributed by atoms with Gasteiger partial charge in [0.05, 0.1) is 18.6 Å². The van der Waals surface area contributed by atoms with Gasteiger partial charge >= 0.3 is 0 Å². The van der Waals surface area contributed by atoms with Crippen molar-refractivity contribution in [1.29, 1.82) is 0 Å². The summed E-state index contributed by atoms with van der Waals surface area (Å²) in [6, 6.07) is 1.96. The molecule has 2 aromatic heterocycles. The number of nitrogens with zero attached hydrogens (tertiary/aromatic N) is 3. The Hall–Kier alpha value is -1.66. The monoisotopic (exact) mass is 236 g/mol. The predicted molar refractivity (Wildman–Crippen MR) is 65.0 cm³/mol. The lowest BCUT2D eigenvalue weighted by Crippen LogP contribution is -2.30. The number of aliphatic hydroxyl groups is 2. The van der Waals surface area contributed by atoms with Gasteiger partial charge < -0.3 is 20.1 Å². The van der Waals surface area contributed by atoms with Crippen LogP contribution >= 0.6 is 0 Å². The van der Waals surface area contributed by atoms with E-state index in [1.807, 2.05) is 17.9 Å². The predicted octanol–water partition coefficient (Wildman–Crippen LogP) is 0.0573. The third kappa shape index (κ3) is 2.37. The van der Waals surface area contributed by atoms with Gasteiger partial charge in [-0.3, -0.25) is 0 Å². The van der Waals surface area contributed by atoms with Crippen LogP contribution in [0.4, 0.5) is 5.82 Å². The summed E-state index contributed by atoms with van der Waals surface area (Å²) in [6.45, 7) is 2.88. The highest BCUT2D eigenvalue weighted by atomic mass is 16.3. The fraction of sp³-hybridized carbons (Fsp3) is 0.455. The second-order valence-corrected chi connectivity index (χ2v) is 3.85. The van der Waals surface area contributed by atoms with Gasteiger partial charge in [-0.05, 0) is 13.0 Å². The zero-order chi connectivity index (χ0) is 12.3. The molecule has 0 atom stereocenters. The lowest BCUT2D eigenvalue weighted by atomic mass is 10.3. The first-order valence-electron chi connectivity index (χ1n) is 5.53. The van der Waals surface area contributed by atoms with E-state index in [0.29, 0.717) is 13.1 Å². The van der Waals surface area contributed by atoms with Crippen molar-refractivity contribution < 1.29 is 10.2 Å². The van der Waals surface area contributed by atoms with Gasteiger partial charge in [-0.15, -0.1) is 0 Å². The van der Waals surface area contributed by atoms with E-state index in [1.54, 1.807) is 0 Å². The van der Waals surface area contributed by atoms with E-state index in [-0.39, 0.29) is 13.2 Å². The molecule has 0 fully saturated rings. The molecule has 0 radical (unpaired) electrons. The van der Waals surface area contributed by atoms with Crippen LogP contribution < -0.4 is 4.90 Å². The molecule has 0 aliphatic carbocycles. The van der Waals surface area contributed by atoms with Gasteiger partial charge in [0.1, 0.15) is 17.8 Å². The van der Waals surface area contributed by atoms with Crippen LogP contribution in [-0.2, 0) is 0 Å². The third-order valence-electron chi connectivity index (χ3n) is 2.58. The molecule has 17 heavy (non-hydrogen) atoms. The summed E-state index contributed by atoms with van der Waals surface area (Å²) in [6.07, 6.45) is 1.48. The van der Waals surface area contributed by atoms with E-state index < -0.39 is 0 Å². The minimum absolute atomic E-state index is 0.0227. The molecule has 0 unspecified atom stereocenters. The number of aryl methyl sites for hydroxylation is 1. The van der Waals surface area contributed by atoms with Gasteiger partial charge in [-0.25, -0.2) is 9.97 Å². The first kappa shape index (κ1) is 11.8. The van der Waals surface area contributed by atoms with Crippen molar-refractivity contribution in [2.75, 3.05) is 31.2 Å². The average Bonchev–Trinajstić information content (AvgIpc) is 2.68. The normalized spacial score (nSPS) is 11.0. The summed E-state index contributed by atoms with van der Waals surface area (Å²) < 4.78 is 0. The molecule has 6 nitrogen and oxygen atoms in total. The van der Waals surface area contributed by atoms with Crippen LogP contribution in [-0.4, -0.2) is 51.5 Å². The van der Waals surface area contributed by atoms with Crippen LogP contribution in [0.1, 0.15) is 5.69 Å². The molecule has 0 spiro atoms. The lowest BCUT2D eigenvalue weighted by molar-refractivity contribution is 0.281. The molecule has 6 heteroatoms. The van der Waals surface area contributed by atoms with Crippen LogP contribution in [0.5, 0.6) is 0 Å². The lowest BCUT2D eigenvalue weighted by Gasteiger charge is -2.21. The summed E-state index contributed by atoms with van der Waals surface area (Å²) in [5, 5.41) is 19.0. The third-order valence-corrected chi connectivity index (χ3v) is 2.58. The molecule has 0 aliphatic heterocycles. The smallest absolute Gasteiger partial charge is 0.143 e. The van der Waals surface area contributed by atoms with Crippen molar-refractivity contribution >= 4 is 16.9 Å². The number of nitrogens with one attached hydrogen (secondary N) is 1. The number of aromatic nitrogens is 3. The second kappa shape index (κ2) is 5.11. The summed E-state index contributed by atoms with van der Waals surface area (Å²) in [5.41, 5.74) is 1.78. The quantitative estimate of drug-likeness (QED) is 0.683. The largest absolute Gasteiger partial charge is 0.395 e. The maximum absolute atomic E-state index is 9.03. The zero-order valence-electron chi connectivity index (χ0n) is 9.72. The van der Waals surface area contributed by atoms with Gasteiger partial charge in [-0.1, -0.05) is 0 Å². The number of H-pyrrole nitrogens is 1. The van der Waals surface area contributed by atoms with Crippen LogP contribution in [0.15, 0.2) is 12.4 Å². The van der Waals surface area contributed by atoms with Gasteiger partial charge in [0.25, 0.3) is 0 Å². The number of aliphatic hydroxyl groups excluding tert-OH is 2. The summed E-state index contributed by atoms with van der Waals surface area (Å²) in [5.74, 6) is 0.738. The molecule has 0 amide bonds. The molecule has 2 heterocycles. The molecule has 0 saturated carbocycles. The van der Waals surface area contributed by atoms with Gasteiger partial charge in [0.2, 0.25) is 0 Å². The topological polar surface area (TPSA) is 85.3 Å². The highest BCUT2D eigenvalue weighted by Crippen LogP contribution is 2.23. The fourth-order valence-electron chi connectivity index (χ4n) is 1.88. The SMILES string of the molecule is Cc1cc2c(N(CCO)CCO)ncnc2[nH]1. The molecule has 2 aromatic rings. The Bertz CT molecular complexity index is 491. The van der Waals surface area contributed by atoms with Crippen molar-refractivity contribution in [2.45, 2.75) is 6.92 Å². The Kier molecular flexibility index (Phi) is 3.55. The van der Waals surface area contributed by atoms with Crippen molar-refractivity contribution in [3.63, 3.8) is 0 Å². The van der Waals surface area contributed by atoms with Crippen molar-refractivity contribution in [3.05, 3.63) is 18.1 Å². The molecule has 0 saturated heterocycles. The summed E-state index contributed by atoms with van der Waals surface area (Å²) in [4.78, 5) is 13.4. The number of anilines is 1. The Labute approximate surface area is 98.9 Å². The molecule has 0 aromatic carbocycles. The average molecular weight is 236 g/mol. The molecule has 0 bridgehead atoms. The number of hydrogen-bond acceptors (Lipinski definition) is 5. The highest BCUT2D eigenvalue weighted by Gasteiger charge is 2.12. The van der Waals surface area contributed by atoms with E-state index >= 15 is 0 Å². The van der Waals surface area contributed by atoms with Crippen LogP contribution in [0.25, 0.3) is 11.0 Å². The minimum atomic E-state index is 0.0227. The first-order chi connectivity index (χ1) is 8.26. The Morgan fingerprint density at radius 2 is 1.94 bits per heavy atom. The van der Waals surface area contributed by atoms with Gasteiger partial charge in [-0.2, -0.15) is 0 Å². The summed E-state index contributed by atoms with van der Waals surface area (Å²) >= 11 is 0. The Balaban J connectivity index is 2.44. The minimum Gasteiger partial charge on any atom is -0.395 e. The maximum atomic E-state index is 9.03. The Morgan fingerprint density at radius 1 is 1.24 bits per heavy atom. The fourth-order valence-corrected chi connectivity index (χ4v) is 1.88. The molecule has 0 aliphatic rings. The van der Waals surface area contributed by atoms with E-state index in [9.17, 15) is 0 Å². The number of fused-ring (bicyclic) bond motifs is 1.